The predicted octanol–water partition coefficient (Wildman–Crippen LogP) is 3.69. The first-order valence-corrected chi connectivity index (χ1v) is 7.17. The number of hydrogen-bond acceptors (Lipinski definition) is 4. The molecular formula is C17H15ClN4O. The summed E-state index contributed by atoms with van der Waals surface area (Å²) in [6, 6.07) is 14.1. The maximum absolute atomic E-state index is 12.1. The van der Waals surface area contributed by atoms with E-state index in [1.165, 1.54) is 6.20 Å². The zero-order chi connectivity index (χ0) is 16.8. The number of nitrogens with zero attached hydrogens (tertiary/aromatic N) is 1. The van der Waals surface area contributed by atoms with Crippen molar-refractivity contribution in [2.75, 3.05) is 16.4 Å². The SMILES string of the molecule is Cc1ccc(NC(=O)/C(C#N)=C\Nc2ccc(N)cc2Cl)cc1. The molecule has 2 aromatic carbocycles. The van der Waals surface area contributed by atoms with Gasteiger partial charge in [-0.3, -0.25) is 4.79 Å². The first-order valence-electron chi connectivity index (χ1n) is 6.79. The third-order valence-electron chi connectivity index (χ3n) is 3.04. The van der Waals surface area contributed by atoms with E-state index in [0.29, 0.717) is 22.1 Å². The van der Waals surface area contributed by atoms with Crippen LogP contribution < -0.4 is 16.4 Å². The molecule has 0 saturated carbocycles. The van der Waals surface area contributed by atoms with Crippen molar-refractivity contribution in [3.63, 3.8) is 0 Å². The van der Waals surface area contributed by atoms with Crippen molar-refractivity contribution in [3.8, 4) is 6.07 Å². The minimum atomic E-state index is -0.504. The van der Waals surface area contributed by atoms with Crippen LogP contribution in [0.5, 0.6) is 0 Å². The highest BCUT2D eigenvalue weighted by molar-refractivity contribution is 6.33. The Hall–Kier alpha value is -2.97. The zero-order valence-electron chi connectivity index (χ0n) is 12.4. The predicted molar refractivity (Wildman–Crippen MR) is 93.0 cm³/mol. The molecule has 23 heavy (non-hydrogen) atoms. The Kier molecular flexibility index (Phi) is 5.23. The molecule has 5 nitrogen and oxygen atoms in total. The Morgan fingerprint density at radius 2 is 1.96 bits per heavy atom. The van der Waals surface area contributed by atoms with Gasteiger partial charge in [0.2, 0.25) is 0 Å². The molecule has 0 atom stereocenters. The van der Waals surface area contributed by atoms with Gasteiger partial charge in [0.05, 0.1) is 10.7 Å². The summed E-state index contributed by atoms with van der Waals surface area (Å²) in [6.45, 7) is 1.95. The molecule has 6 heteroatoms. The first-order chi connectivity index (χ1) is 11.0. The summed E-state index contributed by atoms with van der Waals surface area (Å²) in [5.74, 6) is -0.504. The lowest BCUT2D eigenvalue weighted by Crippen LogP contribution is -2.14. The number of benzene rings is 2. The number of aryl methyl sites for hydroxylation is 1. The molecule has 0 aliphatic rings. The fourth-order valence-electron chi connectivity index (χ4n) is 1.78. The number of nitrogens with one attached hydrogen (secondary N) is 2. The zero-order valence-corrected chi connectivity index (χ0v) is 13.2. The van der Waals surface area contributed by atoms with Crippen LogP contribution in [0.25, 0.3) is 0 Å². The highest BCUT2D eigenvalue weighted by Crippen LogP contribution is 2.24. The van der Waals surface area contributed by atoms with E-state index in [0.717, 1.165) is 5.56 Å². The van der Waals surface area contributed by atoms with E-state index in [9.17, 15) is 4.79 Å². The van der Waals surface area contributed by atoms with Gasteiger partial charge in [-0.15, -0.1) is 0 Å². The Labute approximate surface area is 139 Å². The standard InChI is InChI=1S/C17H15ClN4O/c1-11-2-5-14(6-3-11)22-17(23)12(9-19)10-21-16-7-4-13(20)8-15(16)18/h2-8,10,21H,20H2,1H3,(H,22,23)/b12-10-. The number of nitriles is 1. The lowest BCUT2D eigenvalue weighted by molar-refractivity contribution is -0.112. The molecular weight excluding hydrogens is 312 g/mol. The molecule has 4 N–H and O–H groups in total. The van der Waals surface area contributed by atoms with Gasteiger partial charge in [-0.05, 0) is 37.3 Å². The van der Waals surface area contributed by atoms with E-state index < -0.39 is 5.91 Å². The number of carbonyl (C=O) groups excluding carboxylic acids is 1. The summed E-state index contributed by atoms with van der Waals surface area (Å²) in [5.41, 5.74) is 8.32. The van der Waals surface area contributed by atoms with E-state index in [2.05, 4.69) is 10.6 Å². The van der Waals surface area contributed by atoms with Crippen molar-refractivity contribution in [1.29, 1.82) is 5.26 Å². The van der Waals surface area contributed by atoms with Crippen molar-refractivity contribution in [2.24, 2.45) is 0 Å². The molecule has 0 unspecified atom stereocenters. The molecule has 0 heterocycles. The van der Waals surface area contributed by atoms with Crippen molar-refractivity contribution in [1.82, 2.24) is 0 Å². The summed E-state index contributed by atoms with van der Waals surface area (Å²) in [5, 5.41) is 15.0. The quantitative estimate of drug-likeness (QED) is 0.454. The molecule has 0 aliphatic carbocycles. The molecule has 0 spiro atoms. The molecule has 1 amide bonds. The summed E-state index contributed by atoms with van der Waals surface area (Å²) in [4.78, 5) is 12.1. The molecule has 0 aliphatic heterocycles. The number of hydrogen-bond donors (Lipinski definition) is 3. The summed E-state index contributed by atoms with van der Waals surface area (Å²) in [6.07, 6.45) is 1.31. The summed E-state index contributed by atoms with van der Waals surface area (Å²) >= 11 is 6.03. The number of halogens is 1. The Bertz CT molecular complexity index is 791. The lowest BCUT2D eigenvalue weighted by Gasteiger charge is -2.07. The normalized spacial score (nSPS) is 10.7. The second-order valence-corrected chi connectivity index (χ2v) is 5.28. The van der Waals surface area contributed by atoms with E-state index in [-0.39, 0.29) is 5.57 Å². The highest BCUT2D eigenvalue weighted by atomic mass is 35.5. The fraction of sp³-hybridized carbons (Fsp3) is 0.0588. The van der Waals surface area contributed by atoms with Crippen LogP contribution in [-0.2, 0) is 4.79 Å². The number of nitrogens with two attached hydrogens (primary N) is 1. The van der Waals surface area contributed by atoms with Gasteiger partial charge in [0.1, 0.15) is 11.6 Å². The molecule has 116 valence electrons. The highest BCUT2D eigenvalue weighted by Gasteiger charge is 2.09. The second-order valence-electron chi connectivity index (χ2n) is 4.87. The molecule has 2 aromatic rings. The van der Waals surface area contributed by atoms with Crippen molar-refractivity contribution in [2.45, 2.75) is 6.92 Å². The largest absolute Gasteiger partial charge is 0.399 e. The maximum Gasteiger partial charge on any atom is 0.267 e. The number of nitrogen functional groups attached to an aromatic ring is 1. The van der Waals surface area contributed by atoms with Crippen LogP contribution in [0.15, 0.2) is 54.2 Å². The number of rotatable bonds is 4. The van der Waals surface area contributed by atoms with Crippen LogP contribution in [-0.4, -0.2) is 5.91 Å². The minimum Gasteiger partial charge on any atom is -0.399 e. The maximum atomic E-state index is 12.1. The minimum absolute atomic E-state index is 0.0709. The third-order valence-corrected chi connectivity index (χ3v) is 3.35. The molecule has 0 aromatic heterocycles. The Morgan fingerprint density at radius 3 is 2.57 bits per heavy atom. The number of anilines is 3. The summed E-state index contributed by atoms with van der Waals surface area (Å²) in [7, 11) is 0. The van der Waals surface area contributed by atoms with Gasteiger partial charge < -0.3 is 16.4 Å². The van der Waals surface area contributed by atoms with Crippen molar-refractivity contribution in [3.05, 3.63) is 64.8 Å². The van der Waals surface area contributed by atoms with E-state index in [4.69, 9.17) is 22.6 Å². The monoisotopic (exact) mass is 326 g/mol. The van der Waals surface area contributed by atoms with Crippen LogP contribution in [0, 0.1) is 18.3 Å². The topological polar surface area (TPSA) is 90.9 Å². The lowest BCUT2D eigenvalue weighted by atomic mass is 10.2. The smallest absolute Gasteiger partial charge is 0.267 e. The van der Waals surface area contributed by atoms with Gasteiger partial charge in [-0.1, -0.05) is 29.3 Å². The molecule has 2 rings (SSSR count). The van der Waals surface area contributed by atoms with Gasteiger partial charge >= 0.3 is 0 Å². The Balaban J connectivity index is 2.10. The van der Waals surface area contributed by atoms with E-state index in [1.807, 2.05) is 25.1 Å². The van der Waals surface area contributed by atoms with Crippen molar-refractivity contribution >= 4 is 34.6 Å². The van der Waals surface area contributed by atoms with Crippen LogP contribution in [0.1, 0.15) is 5.56 Å². The summed E-state index contributed by atoms with van der Waals surface area (Å²) < 4.78 is 0. The van der Waals surface area contributed by atoms with Gasteiger partial charge in [0, 0.05) is 17.6 Å². The average molecular weight is 327 g/mol. The Morgan fingerprint density at radius 1 is 1.26 bits per heavy atom. The van der Waals surface area contributed by atoms with Gasteiger partial charge in [-0.2, -0.15) is 5.26 Å². The van der Waals surface area contributed by atoms with E-state index >= 15 is 0 Å². The van der Waals surface area contributed by atoms with Gasteiger partial charge in [0.15, 0.2) is 0 Å². The first kappa shape index (κ1) is 16.4. The van der Waals surface area contributed by atoms with Gasteiger partial charge in [0.25, 0.3) is 5.91 Å². The molecule has 0 saturated heterocycles. The number of amides is 1. The van der Waals surface area contributed by atoms with E-state index in [1.54, 1.807) is 30.3 Å². The molecule has 0 radical (unpaired) electrons. The van der Waals surface area contributed by atoms with Crippen molar-refractivity contribution < 1.29 is 4.79 Å². The fourth-order valence-corrected chi connectivity index (χ4v) is 2.03. The third kappa shape index (κ3) is 4.50. The van der Waals surface area contributed by atoms with Crippen LogP contribution >= 0.6 is 11.6 Å². The van der Waals surface area contributed by atoms with Crippen LogP contribution in [0.3, 0.4) is 0 Å². The van der Waals surface area contributed by atoms with Crippen LogP contribution in [0.4, 0.5) is 17.1 Å². The average Bonchev–Trinajstić information content (AvgIpc) is 2.52. The number of carbonyl (C=O) groups is 1. The second kappa shape index (κ2) is 7.34. The molecule has 0 bridgehead atoms. The van der Waals surface area contributed by atoms with Gasteiger partial charge in [-0.25, -0.2) is 0 Å². The molecule has 0 fully saturated rings. The van der Waals surface area contributed by atoms with Crippen LogP contribution in [0.2, 0.25) is 5.02 Å².